The summed E-state index contributed by atoms with van der Waals surface area (Å²) in [5, 5.41) is 9.88. The highest BCUT2D eigenvalue weighted by Gasteiger charge is 2.18. The lowest BCUT2D eigenvalue weighted by Gasteiger charge is -2.20. The van der Waals surface area contributed by atoms with Crippen molar-refractivity contribution in [1.82, 2.24) is 9.88 Å². The summed E-state index contributed by atoms with van der Waals surface area (Å²) in [5.41, 5.74) is 1.55. The number of aliphatic carboxylic acids is 1. The smallest absolute Gasteiger partial charge is 0.323 e. The molecule has 0 saturated carbocycles. The molecule has 0 fully saturated rings. The third-order valence-corrected chi connectivity index (χ3v) is 3.30. The van der Waals surface area contributed by atoms with Crippen LogP contribution in [-0.4, -0.2) is 53.7 Å². The van der Waals surface area contributed by atoms with E-state index in [0.29, 0.717) is 6.61 Å². The van der Waals surface area contributed by atoms with Crippen LogP contribution in [0.15, 0.2) is 36.5 Å². The second-order valence-corrected chi connectivity index (χ2v) is 4.87. The van der Waals surface area contributed by atoms with Gasteiger partial charge in [0.15, 0.2) is 0 Å². The fourth-order valence-electron chi connectivity index (χ4n) is 2.24. The summed E-state index contributed by atoms with van der Waals surface area (Å²) in [6.45, 7) is 0.215. The summed E-state index contributed by atoms with van der Waals surface area (Å²) in [7, 11) is 1.51. The molecule has 1 N–H and O–H groups in total. The standard InChI is InChI=1S/C16H18N2O4/c1-22-9-8-18(11-15(20)21)14(19)10-13-5-2-4-12-6-3-7-17-16(12)13/h2-7H,8-11H2,1H3,(H,20,21). The number of benzene rings is 1. The van der Waals surface area contributed by atoms with Gasteiger partial charge in [0.1, 0.15) is 6.54 Å². The number of rotatable bonds is 7. The number of methoxy groups -OCH3 is 1. The van der Waals surface area contributed by atoms with Crippen molar-refractivity contribution in [1.29, 1.82) is 0 Å². The Balaban J connectivity index is 2.18. The van der Waals surface area contributed by atoms with Crippen molar-refractivity contribution in [3.8, 4) is 0 Å². The zero-order chi connectivity index (χ0) is 15.9. The highest BCUT2D eigenvalue weighted by Crippen LogP contribution is 2.17. The number of aromatic nitrogens is 1. The molecule has 22 heavy (non-hydrogen) atoms. The first-order valence-corrected chi connectivity index (χ1v) is 6.93. The molecule has 0 saturated heterocycles. The molecule has 0 aliphatic carbocycles. The van der Waals surface area contributed by atoms with E-state index < -0.39 is 5.97 Å². The molecule has 1 aromatic heterocycles. The topological polar surface area (TPSA) is 79.7 Å². The third-order valence-electron chi connectivity index (χ3n) is 3.30. The van der Waals surface area contributed by atoms with Gasteiger partial charge in [0.2, 0.25) is 5.91 Å². The number of pyridine rings is 1. The molecule has 0 aliphatic rings. The van der Waals surface area contributed by atoms with Crippen LogP contribution in [0.5, 0.6) is 0 Å². The summed E-state index contributed by atoms with van der Waals surface area (Å²) >= 11 is 0. The first kappa shape index (κ1) is 15.9. The number of carbonyl (C=O) groups is 2. The Kier molecular flexibility index (Phi) is 5.43. The molecule has 2 aromatic rings. The van der Waals surface area contributed by atoms with Crippen LogP contribution in [0.1, 0.15) is 5.56 Å². The van der Waals surface area contributed by atoms with Gasteiger partial charge >= 0.3 is 5.97 Å². The molecule has 0 atom stereocenters. The minimum atomic E-state index is -1.04. The summed E-state index contributed by atoms with van der Waals surface area (Å²) in [6, 6.07) is 9.39. The Bertz CT molecular complexity index is 667. The van der Waals surface area contributed by atoms with Crippen LogP contribution in [0, 0.1) is 0 Å². The van der Waals surface area contributed by atoms with Crippen LogP contribution in [0.25, 0.3) is 10.9 Å². The minimum Gasteiger partial charge on any atom is -0.480 e. The van der Waals surface area contributed by atoms with E-state index in [1.54, 1.807) is 6.20 Å². The number of hydrogen-bond donors (Lipinski definition) is 1. The highest BCUT2D eigenvalue weighted by molar-refractivity contribution is 5.88. The number of carbonyl (C=O) groups excluding carboxylic acids is 1. The van der Waals surface area contributed by atoms with E-state index in [2.05, 4.69) is 4.98 Å². The second-order valence-electron chi connectivity index (χ2n) is 4.87. The molecule has 6 heteroatoms. The van der Waals surface area contributed by atoms with E-state index in [1.807, 2.05) is 30.3 Å². The van der Waals surface area contributed by atoms with Gasteiger partial charge in [-0.15, -0.1) is 0 Å². The monoisotopic (exact) mass is 302 g/mol. The van der Waals surface area contributed by atoms with Gasteiger partial charge in [-0.2, -0.15) is 0 Å². The Labute approximate surface area is 128 Å². The van der Waals surface area contributed by atoms with Crippen molar-refractivity contribution in [3.05, 3.63) is 42.1 Å². The Morgan fingerprint density at radius 1 is 1.27 bits per heavy atom. The SMILES string of the molecule is COCCN(CC(=O)O)C(=O)Cc1cccc2cccnc12. The number of hydrogen-bond acceptors (Lipinski definition) is 4. The maximum atomic E-state index is 12.4. The lowest BCUT2D eigenvalue weighted by molar-refractivity contribution is -0.144. The van der Waals surface area contributed by atoms with Crippen LogP contribution in [0.2, 0.25) is 0 Å². The average Bonchev–Trinajstić information content (AvgIpc) is 2.51. The van der Waals surface area contributed by atoms with Gasteiger partial charge < -0.3 is 14.7 Å². The van der Waals surface area contributed by atoms with E-state index in [9.17, 15) is 9.59 Å². The summed E-state index contributed by atoms with van der Waals surface area (Å²) in [5.74, 6) is -1.29. The van der Waals surface area contributed by atoms with Crippen LogP contribution in [-0.2, 0) is 20.7 Å². The normalized spacial score (nSPS) is 10.6. The maximum Gasteiger partial charge on any atom is 0.323 e. The predicted octanol–water partition coefficient (Wildman–Crippen LogP) is 1.34. The van der Waals surface area contributed by atoms with Crippen LogP contribution in [0.4, 0.5) is 0 Å². The zero-order valence-corrected chi connectivity index (χ0v) is 12.4. The average molecular weight is 302 g/mol. The molecule has 0 aliphatic heterocycles. The molecular formula is C16H18N2O4. The van der Waals surface area contributed by atoms with Gasteiger partial charge in [-0.05, 0) is 11.6 Å². The highest BCUT2D eigenvalue weighted by atomic mass is 16.5. The second kappa shape index (κ2) is 7.51. The number of nitrogens with zero attached hydrogens (tertiary/aromatic N) is 2. The van der Waals surface area contributed by atoms with Crippen LogP contribution in [0.3, 0.4) is 0 Å². The molecule has 1 amide bonds. The van der Waals surface area contributed by atoms with Crippen LogP contribution < -0.4 is 0 Å². The van der Waals surface area contributed by atoms with Crippen molar-refractivity contribution in [2.24, 2.45) is 0 Å². The summed E-state index contributed by atoms with van der Waals surface area (Å²) in [6.07, 6.45) is 1.79. The van der Waals surface area contributed by atoms with E-state index >= 15 is 0 Å². The van der Waals surface area contributed by atoms with Gasteiger partial charge in [-0.1, -0.05) is 24.3 Å². The fraction of sp³-hybridized carbons (Fsp3) is 0.312. The van der Waals surface area contributed by atoms with Gasteiger partial charge in [-0.3, -0.25) is 14.6 Å². The largest absolute Gasteiger partial charge is 0.480 e. The predicted molar refractivity (Wildman–Crippen MR) is 81.5 cm³/mol. The lowest BCUT2D eigenvalue weighted by Crippen LogP contribution is -2.38. The van der Waals surface area contributed by atoms with Gasteiger partial charge in [0.25, 0.3) is 0 Å². The van der Waals surface area contributed by atoms with Gasteiger partial charge in [0, 0.05) is 25.2 Å². The van der Waals surface area contributed by atoms with E-state index in [0.717, 1.165) is 16.5 Å². The Morgan fingerprint density at radius 2 is 2.05 bits per heavy atom. The number of ether oxygens (including phenoxy) is 1. The van der Waals surface area contributed by atoms with Crippen molar-refractivity contribution >= 4 is 22.8 Å². The summed E-state index contributed by atoms with van der Waals surface area (Å²) in [4.78, 5) is 28.9. The van der Waals surface area contributed by atoms with Gasteiger partial charge in [0.05, 0.1) is 18.5 Å². The van der Waals surface area contributed by atoms with E-state index in [1.165, 1.54) is 12.0 Å². The van der Waals surface area contributed by atoms with Crippen molar-refractivity contribution in [2.45, 2.75) is 6.42 Å². The molecule has 0 radical (unpaired) electrons. The number of carboxylic acids is 1. The number of fused-ring (bicyclic) bond motifs is 1. The van der Waals surface area contributed by atoms with E-state index in [-0.39, 0.29) is 25.4 Å². The fourth-order valence-corrected chi connectivity index (χ4v) is 2.24. The van der Waals surface area contributed by atoms with Gasteiger partial charge in [-0.25, -0.2) is 0 Å². The molecular weight excluding hydrogens is 284 g/mol. The molecule has 0 unspecified atom stereocenters. The van der Waals surface area contributed by atoms with Crippen molar-refractivity contribution in [3.63, 3.8) is 0 Å². The molecule has 2 rings (SSSR count). The van der Waals surface area contributed by atoms with Crippen molar-refractivity contribution < 1.29 is 19.4 Å². The first-order chi connectivity index (χ1) is 10.6. The quantitative estimate of drug-likeness (QED) is 0.835. The minimum absolute atomic E-state index is 0.116. The molecule has 116 valence electrons. The maximum absolute atomic E-state index is 12.4. The molecule has 1 aromatic carbocycles. The number of para-hydroxylation sites is 1. The molecule has 6 nitrogen and oxygen atoms in total. The molecule has 0 bridgehead atoms. The first-order valence-electron chi connectivity index (χ1n) is 6.93. The zero-order valence-electron chi connectivity index (χ0n) is 12.4. The molecule has 1 heterocycles. The Morgan fingerprint density at radius 3 is 2.77 bits per heavy atom. The number of carboxylic acid groups (broad SMARTS) is 1. The summed E-state index contributed by atoms with van der Waals surface area (Å²) < 4.78 is 4.93. The molecule has 0 spiro atoms. The number of amides is 1. The third kappa shape index (κ3) is 4.02. The van der Waals surface area contributed by atoms with E-state index in [4.69, 9.17) is 9.84 Å². The van der Waals surface area contributed by atoms with Crippen LogP contribution >= 0.6 is 0 Å². The van der Waals surface area contributed by atoms with Crippen molar-refractivity contribution in [2.75, 3.05) is 26.8 Å². The Hall–Kier alpha value is -2.47. The lowest BCUT2D eigenvalue weighted by atomic mass is 10.1.